The van der Waals surface area contributed by atoms with E-state index in [4.69, 9.17) is 0 Å². The average Bonchev–Trinajstić information content (AvgIpc) is 2.11. The van der Waals surface area contributed by atoms with Gasteiger partial charge in [0.15, 0.2) is 0 Å². The highest BCUT2D eigenvalue weighted by Crippen LogP contribution is 2.34. The minimum absolute atomic E-state index is 0.181. The van der Waals surface area contributed by atoms with Crippen LogP contribution >= 0.6 is 0 Å². The second-order valence-corrected chi connectivity index (χ2v) is 9.38. The molecule has 0 aliphatic heterocycles. The van der Waals surface area contributed by atoms with Gasteiger partial charge < -0.3 is 0 Å². The molecule has 0 heterocycles. The molecule has 108 valence electrons. The first-order valence-electron chi connectivity index (χ1n) is 5.65. The summed E-state index contributed by atoms with van der Waals surface area (Å²) in [5, 5.41) is 0. The fourth-order valence-corrected chi connectivity index (χ4v) is 4.87. The Morgan fingerprint density at radius 1 is 0.895 bits per heavy atom. The molecule has 1 aromatic carbocycles. The van der Waals surface area contributed by atoms with Crippen LogP contribution in [0.4, 0.5) is 5.69 Å². The van der Waals surface area contributed by atoms with Gasteiger partial charge in [0.05, 0.1) is 18.2 Å². The monoisotopic (exact) mass is 305 g/mol. The molecule has 0 aliphatic rings. The molecule has 0 spiro atoms. The summed E-state index contributed by atoms with van der Waals surface area (Å²) in [5.74, 6) is 0. The van der Waals surface area contributed by atoms with Gasteiger partial charge in [0.1, 0.15) is 0 Å². The van der Waals surface area contributed by atoms with Crippen LogP contribution in [0.15, 0.2) is 24.3 Å². The molecule has 0 N–H and O–H groups in total. The lowest BCUT2D eigenvalue weighted by molar-refractivity contribution is 0.582. The number of hydrogen-bond donors (Lipinski definition) is 0. The van der Waals surface area contributed by atoms with Crippen molar-refractivity contribution in [3.8, 4) is 0 Å². The second-order valence-electron chi connectivity index (χ2n) is 5.49. The summed E-state index contributed by atoms with van der Waals surface area (Å²) in [5.41, 5.74) is 0.468. The molecule has 5 nitrogen and oxygen atoms in total. The van der Waals surface area contributed by atoms with E-state index < -0.39 is 20.0 Å². The molecular weight excluding hydrogens is 286 g/mol. The number of anilines is 1. The summed E-state index contributed by atoms with van der Waals surface area (Å²) in [7, 11) is -7.83. The smallest absolute Gasteiger partial charge is 0.206 e. The first-order valence-corrected chi connectivity index (χ1v) is 9.35. The van der Waals surface area contributed by atoms with E-state index in [0.29, 0.717) is 9.27 Å². The van der Waals surface area contributed by atoms with Crippen LogP contribution in [0.25, 0.3) is 0 Å². The van der Waals surface area contributed by atoms with Crippen LogP contribution in [0.2, 0.25) is 0 Å². The zero-order chi connectivity index (χ0) is 15.1. The molecule has 0 amide bonds. The molecular formula is C12H19NO4S2. The summed E-state index contributed by atoms with van der Waals surface area (Å²) in [6.45, 7) is 5.69. The Bertz CT molecular complexity index is 638. The Balaban J connectivity index is 3.69. The van der Waals surface area contributed by atoms with Crippen molar-refractivity contribution in [3.05, 3.63) is 29.8 Å². The van der Waals surface area contributed by atoms with Gasteiger partial charge in [0, 0.05) is 0 Å². The van der Waals surface area contributed by atoms with E-state index in [2.05, 4.69) is 0 Å². The summed E-state index contributed by atoms with van der Waals surface area (Å²) in [4.78, 5) is 0. The third kappa shape index (κ3) is 3.70. The summed E-state index contributed by atoms with van der Waals surface area (Å²) >= 11 is 0. The molecule has 1 aromatic rings. The van der Waals surface area contributed by atoms with Crippen LogP contribution in [0.3, 0.4) is 0 Å². The summed E-state index contributed by atoms with van der Waals surface area (Å²) in [6, 6.07) is 6.61. The zero-order valence-corrected chi connectivity index (χ0v) is 13.3. The number of hydrogen-bond acceptors (Lipinski definition) is 4. The van der Waals surface area contributed by atoms with Gasteiger partial charge in [-0.15, -0.1) is 0 Å². The Kier molecular flexibility index (Phi) is 4.03. The van der Waals surface area contributed by atoms with Gasteiger partial charge in [-0.25, -0.2) is 16.8 Å². The van der Waals surface area contributed by atoms with Crippen molar-refractivity contribution in [2.75, 3.05) is 16.2 Å². The fraction of sp³-hybridized carbons (Fsp3) is 0.500. The largest absolute Gasteiger partial charge is 0.245 e. The van der Waals surface area contributed by atoms with Crippen LogP contribution in [0.1, 0.15) is 26.3 Å². The lowest BCUT2D eigenvalue weighted by atomic mass is 9.86. The van der Waals surface area contributed by atoms with Crippen LogP contribution in [0, 0.1) is 0 Å². The van der Waals surface area contributed by atoms with E-state index in [9.17, 15) is 16.8 Å². The molecule has 0 aromatic heterocycles. The van der Waals surface area contributed by atoms with Gasteiger partial charge in [-0.05, 0) is 17.0 Å². The first-order chi connectivity index (χ1) is 8.35. The standard InChI is InChI=1S/C12H19NO4S2/c1-12(2,3)10-8-6-7-9-11(10)13(18(4,14)15)19(5,16)17/h6-9H,1-5H3. The maximum Gasteiger partial charge on any atom is 0.245 e. The van der Waals surface area contributed by atoms with Crippen molar-refractivity contribution < 1.29 is 16.8 Å². The molecule has 7 heteroatoms. The molecule has 0 radical (unpaired) electrons. The van der Waals surface area contributed by atoms with Gasteiger partial charge >= 0.3 is 0 Å². The van der Waals surface area contributed by atoms with E-state index in [1.165, 1.54) is 6.07 Å². The third-order valence-corrected chi connectivity index (χ3v) is 5.73. The van der Waals surface area contributed by atoms with Crippen LogP contribution in [-0.4, -0.2) is 29.3 Å². The minimum Gasteiger partial charge on any atom is -0.206 e. The molecule has 0 saturated heterocycles. The molecule has 0 fully saturated rings. The van der Waals surface area contributed by atoms with Gasteiger partial charge in [-0.3, -0.25) is 0 Å². The average molecular weight is 305 g/mol. The molecule has 0 atom stereocenters. The summed E-state index contributed by atoms with van der Waals surface area (Å²) in [6.07, 6.45) is 1.76. The minimum atomic E-state index is -3.91. The Labute approximate surface area is 115 Å². The SMILES string of the molecule is CC(C)(C)c1ccccc1N(S(C)(=O)=O)S(C)(=O)=O. The highest BCUT2D eigenvalue weighted by Gasteiger charge is 2.31. The Morgan fingerprint density at radius 2 is 1.32 bits per heavy atom. The van der Waals surface area contributed by atoms with Crippen molar-refractivity contribution in [1.82, 2.24) is 0 Å². The summed E-state index contributed by atoms with van der Waals surface area (Å²) < 4.78 is 47.7. The lowest BCUT2D eigenvalue weighted by Crippen LogP contribution is -2.36. The number of rotatable bonds is 3. The number of nitrogens with zero attached hydrogens (tertiary/aromatic N) is 1. The van der Waals surface area contributed by atoms with Crippen molar-refractivity contribution in [2.24, 2.45) is 0 Å². The predicted octanol–water partition coefficient (Wildman–Crippen LogP) is 1.71. The molecule has 0 unspecified atom stereocenters. The number of sulfonamides is 2. The van der Waals surface area contributed by atoms with Crippen LogP contribution in [-0.2, 0) is 25.5 Å². The highest BCUT2D eigenvalue weighted by molar-refractivity contribution is 8.09. The van der Waals surface area contributed by atoms with Crippen molar-refractivity contribution in [2.45, 2.75) is 26.2 Å². The first kappa shape index (κ1) is 16.0. The molecule has 19 heavy (non-hydrogen) atoms. The molecule has 0 saturated carbocycles. The van der Waals surface area contributed by atoms with Gasteiger partial charge in [0.2, 0.25) is 20.0 Å². The number of para-hydroxylation sites is 1. The second kappa shape index (κ2) is 4.79. The van der Waals surface area contributed by atoms with E-state index in [-0.39, 0.29) is 11.1 Å². The Morgan fingerprint density at radius 3 is 1.68 bits per heavy atom. The quantitative estimate of drug-likeness (QED) is 0.852. The highest BCUT2D eigenvalue weighted by atomic mass is 32.3. The van der Waals surface area contributed by atoms with E-state index in [1.807, 2.05) is 20.8 Å². The van der Waals surface area contributed by atoms with Crippen molar-refractivity contribution in [1.29, 1.82) is 0 Å². The fourth-order valence-electron chi connectivity index (χ4n) is 1.87. The molecule has 0 aliphatic carbocycles. The van der Waals surface area contributed by atoms with Gasteiger partial charge in [-0.1, -0.05) is 39.0 Å². The number of benzene rings is 1. The third-order valence-electron chi connectivity index (χ3n) is 2.51. The van der Waals surface area contributed by atoms with Crippen LogP contribution < -0.4 is 3.71 Å². The lowest BCUT2D eigenvalue weighted by Gasteiger charge is -2.28. The maximum atomic E-state index is 11.8. The molecule has 1 rings (SSSR count). The zero-order valence-electron chi connectivity index (χ0n) is 11.7. The van der Waals surface area contributed by atoms with E-state index in [1.54, 1.807) is 18.2 Å². The van der Waals surface area contributed by atoms with E-state index in [0.717, 1.165) is 12.5 Å². The Hall–Kier alpha value is -1.08. The predicted molar refractivity (Wildman–Crippen MR) is 77.3 cm³/mol. The van der Waals surface area contributed by atoms with Crippen LogP contribution in [0.5, 0.6) is 0 Å². The molecule has 0 bridgehead atoms. The van der Waals surface area contributed by atoms with Gasteiger partial charge in [-0.2, -0.15) is 3.71 Å². The van der Waals surface area contributed by atoms with Crippen molar-refractivity contribution in [3.63, 3.8) is 0 Å². The van der Waals surface area contributed by atoms with Gasteiger partial charge in [0.25, 0.3) is 0 Å². The normalized spacial score (nSPS) is 13.3. The maximum absolute atomic E-state index is 11.8. The van der Waals surface area contributed by atoms with E-state index >= 15 is 0 Å². The topological polar surface area (TPSA) is 71.5 Å². The van der Waals surface area contributed by atoms with Crippen molar-refractivity contribution >= 4 is 25.7 Å².